The second-order valence-corrected chi connectivity index (χ2v) is 4.87. The van der Waals surface area contributed by atoms with Crippen LogP contribution in [0.4, 0.5) is 0 Å². The van der Waals surface area contributed by atoms with E-state index < -0.39 is 0 Å². The van der Waals surface area contributed by atoms with Gasteiger partial charge < -0.3 is 0 Å². The first kappa shape index (κ1) is 8.88. The lowest BCUT2D eigenvalue weighted by Gasteiger charge is -2.06. The van der Waals surface area contributed by atoms with Crippen molar-refractivity contribution in [1.29, 1.82) is 0 Å². The van der Waals surface area contributed by atoms with Crippen molar-refractivity contribution in [2.45, 2.75) is 39.0 Å². The summed E-state index contributed by atoms with van der Waals surface area (Å²) in [6.45, 7) is 4.24. The molecule has 2 nitrogen and oxygen atoms in total. The third kappa shape index (κ3) is 1.53. The maximum absolute atomic E-state index is 11.5. The Kier molecular flexibility index (Phi) is 2.20. The standard InChI is InChI=1S/C10H13NOS/c1-6(2)10-11-9-7(12)4-3-5-8(9)13-10/h6H,3-5H2,1-2H3. The van der Waals surface area contributed by atoms with Gasteiger partial charge in [0.25, 0.3) is 0 Å². The summed E-state index contributed by atoms with van der Waals surface area (Å²) in [6.07, 6.45) is 2.74. The van der Waals surface area contributed by atoms with E-state index in [0.717, 1.165) is 23.5 Å². The van der Waals surface area contributed by atoms with Gasteiger partial charge in [-0.2, -0.15) is 0 Å². The molecule has 1 heterocycles. The molecule has 0 spiro atoms. The Labute approximate surface area is 82.0 Å². The van der Waals surface area contributed by atoms with E-state index in [4.69, 9.17) is 0 Å². The Bertz CT molecular complexity index is 341. The van der Waals surface area contributed by atoms with Crippen molar-refractivity contribution < 1.29 is 4.79 Å². The summed E-state index contributed by atoms with van der Waals surface area (Å²) in [5.74, 6) is 0.688. The third-order valence-corrected chi connectivity index (χ3v) is 3.70. The van der Waals surface area contributed by atoms with Crippen molar-refractivity contribution in [2.24, 2.45) is 0 Å². The predicted molar refractivity (Wildman–Crippen MR) is 53.5 cm³/mol. The molecule has 0 radical (unpaired) electrons. The Morgan fingerprint density at radius 2 is 2.15 bits per heavy atom. The highest BCUT2D eigenvalue weighted by Gasteiger charge is 2.22. The van der Waals surface area contributed by atoms with Crippen molar-refractivity contribution >= 4 is 17.1 Å². The number of aromatic nitrogens is 1. The number of carbonyl (C=O) groups excluding carboxylic acids is 1. The van der Waals surface area contributed by atoms with Crippen LogP contribution >= 0.6 is 11.3 Å². The number of thiazole rings is 1. The minimum absolute atomic E-state index is 0.240. The van der Waals surface area contributed by atoms with Crippen LogP contribution in [0, 0.1) is 0 Å². The zero-order valence-corrected chi connectivity index (χ0v) is 8.78. The zero-order valence-electron chi connectivity index (χ0n) is 7.96. The summed E-state index contributed by atoms with van der Waals surface area (Å²) in [5, 5.41) is 1.11. The molecule has 0 aliphatic heterocycles. The molecule has 1 aliphatic carbocycles. The van der Waals surface area contributed by atoms with Crippen LogP contribution in [0.1, 0.15) is 53.0 Å². The van der Waals surface area contributed by atoms with Gasteiger partial charge in [0.05, 0.1) is 5.01 Å². The largest absolute Gasteiger partial charge is 0.292 e. The smallest absolute Gasteiger partial charge is 0.182 e. The molecule has 0 aromatic carbocycles. The normalized spacial score (nSPS) is 16.4. The fraction of sp³-hybridized carbons (Fsp3) is 0.600. The van der Waals surface area contributed by atoms with Gasteiger partial charge in [-0.25, -0.2) is 4.98 Å². The minimum Gasteiger partial charge on any atom is -0.292 e. The highest BCUT2D eigenvalue weighted by molar-refractivity contribution is 7.12. The third-order valence-electron chi connectivity index (χ3n) is 2.28. The minimum atomic E-state index is 0.240. The highest BCUT2D eigenvalue weighted by Crippen LogP contribution is 2.30. The van der Waals surface area contributed by atoms with Crippen LogP contribution in [-0.2, 0) is 6.42 Å². The van der Waals surface area contributed by atoms with E-state index in [0.29, 0.717) is 12.3 Å². The first-order chi connectivity index (χ1) is 6.18. The van der Waals surface area contributed by atoms with Crippen molar-refractivity contribution in [3.63, 3.8) is 0 Å². The predicted octanol–water partition coefficient (Wildman–Crippen LogP) is 2.79. The van der Waals surface area contributed by atoms with Crippen LogP contribution in [0.2, 0.25) is 0 Å². The van der Waals surface area contributed by atoms with E-state index in [1.54, 1.807) is 11.3 Å². The van der Waals surface area contributed by atoms with E-state index in [1.165, 1.54) is 4.88 Å². The molecule has 1 aliphatic rings. The van der Waals surface area contributed by atoms with Gasteiger partial charge in [-0.15, -0.1) is 11.3 Å². The lowest BCUT2D eigenvalue weighted by molar-refractivity contribution is 0.0968. The van der Waals surface area contributed by atoms with Crippen molar-refractivity contribution in [2.75, 3.05) is 0 Å². The number of carbonyl (C=O) groups is 1. The molecule has 0 N–H and O–H groups in total. The first-order valence-electron chi connectivity index (χ1n) is 4.71. The van der Waals surface area contributed by atoms with E-state index in [2.05, 4.69) is 18.8 Å². The summed E-state index contributed by atoms with van der Waals surface area (Å²) in [7, 11) is 0. The molecule has 3 heteroatoms. The Balaban J connectivity index is 2.42. The average Bonchev–Trinajstić information content (AvgIpc) is 2.49. The average molecular weight is 195 g/mol. The summed E-state index contributed by atoms with van der Waals surface area (Å²) in [4.78, 5) is 17.1. The van der Waals surface area contributed by atoms with E-state index in [1.807, 2.05) is 0 Å². The molecular formula is C10H13NOS. The number of fused-ring (bicyclic) bond motifs is 1. The number of nitrogens with zero attached hydrogens (tertiary/aromatic N) is 1. The summed E-state index contributed by atoms with van der Waals surface area (Å²) in [5.41, 5.74) is 0.764. The summed E-state index contributed by atoms with van der Waals surface area (Å²) < 4.78 is 0. The van der Waals surface area contributed by atoms with Crippen molar-refractivity contribution in [3.8, 4) is 0 Å². The van der Waals surface area contributed by atoms with Gasteiger partial charge >= 0.3 is 0 Å². The van der Waals surface area contributed by atoms with Gasteiger partial charge in [-0.05, 0) is 12.8 Å². The van der Waals surface area contributed by atoms with Gasteiger partial charge in [-0.3, -0.25) is 4.79 Å². The van der Waals surface area contributed by atoms with Crippen LogP contribution in [0.25, 0.3) is 0 Å². The zero-order chi connectivity index (χ0) is 9.42. The molecule has 0 atom stereocenters. The van der Waals surface area contributed by atoms with Crippen LogP contribution in [0.5, 0.6) is 0 Å². The molecule has 0 unspecified atom stereocenters. The molecule has 70 valence electrons. The molecule has 0 saturated heterocycles. The maximum atomic E-state index is 11.5. The molecule has 1 aromatic rings. The van der Waals surface area contributed by atoms with Crippen LogP contribution in [0.15, 0.2) is 0 Å². The molecule has 1 aromatic heterocycles. The van der Waals surface area contributed by atoms with Crippen LogP contribution in [-0.4, -0.2) is 10.8 Å². The van der Waals surface area contributed by atoms with E-state index in [9.17, 15) is 4.79 Å². The Morgan fingerprint density at radius 1 is 1.38 bits per heavy atom. The summed E-state index contributed by atoms with van der Waals surface area (Å²) >= 11 is 1.72. The Hall–Kier alpha value is -0.700. The fourth-order valence-corrected chi connectivity index (χ4v) is 2.66. The molecule has 0 amide bonds. The van der Waals surface area contributed by atoms with Crippen molar-refractivity contribution in [1.82, 2.24) is 4.98 Å². The molecule has 0 saturated carbocycles. The van der Waals surface area contributed by atoms with Gasteiger partial charge in [-0.1, -0.05) is 13.8 Å². The first-order valence-corrected chi connectivity index (χ1v) is 5.53. The molecule has 2 rings (SSSR count). The van der Waals surface area contributed by atoms with Crippen molar-refractivity contribution in [3.05, 3.63) is 15.6 Å². The van der Waals surface area contributed by atoms with E-state index in [-0.39, 0.29) is 5.78 Å². The van der Waals surface area contributed by atoms with Gasteiger partial charge in [0.2, 0.25) is 0 Å². The summed E-state index contributed by atoms with van der Waals surface area (Å²) in [6, 6.07) is 0. The second-order valence-electron chi connectivity index (χ2n) is 3.76. The number of hydrogen-bond donors (Lipinski definition) is 0. The monoisotopic (exact) mass is 195 g/mol. The highest BCUT2D eigenvalue weighted by atomic mass is 32.1. The number of Topliss-reactive ketones (excluding diaryl/α,β-unsaturated/α-hetero) is 1. The SMILES string of the molecule is CC(C)c1nc2c(s1)CCCC2=O. The number of aryl methyl sites for hydroxylation is 1. The van der Waals surface area contributed by atoms with Crippen LogP contribution in [0.3, 0.4) is 0 Å². The molecule has 13 heavy (non-hydrogen) atoms. The van der Waals surface area contributed by atoms with Gasteiger partial charge in [0, 0.05) is 17.2 Å². The van der Waals surface area contributed by atoms with Gasteiger partial charge in [0.15, 0.2) is 5.78 Å². The second kappa shape index (κ2) is 3.22. The lowest BCUT2D eigenvalue weighted by atomic mass is 10.0. The number of ketones is 1. The van der Waals surface area contributed by atoms with Crippen LogP contribution < -0.4 is 0 Å². The van der Waals surface area contributed by atoms with Gasteiger partial charge in [0.1, 0.15) is 5.69 Å². The molecular weight excluding hydrogens is 182 g/mol. The number of hydrogen-bond acceptors (Lipinski definition) is 3. The van der Waals surface area contributed by atoms with E-state index >= 15 is 0 Å². The maximum Gasteiger partial charge on any atom is 0.182 e. The lowest BCUT2D eigenvalue weighted by Crippen LogP contribution is -2.08. The Morgan fingerprint density at radius 3 is 2.77 bits per heavy atom. The topological polar surface area (TPSA) is 30.0 Å². The molecule has 0 bridgehead atoms. The number of rotatable bonds is 1. The molecule has 0 fully saturated rings. The fourth-order valence-electron chi connectivity index (χ4n) is 1.53. The quantitative estimate of drug-likeness (QED) is 0.689.